The molecule has 0 aromatic heterocycles. The van der Waals surface area contributed by atoms with Crippen molar-refractivity contribution < 1.29 is 27.4 Å². The van der Waals surface area contributed by atoms with Crippen molar-refractivity contribution in [3.8, 4) is 11.1 Å². The Hall–Kier alpha value is -3.04. The van der Waals surface area contributed by atoms with E-state index in [1.54, 1.807) is 0 Å². The van der Waals surface area contributed by atoms with E-state index in [0.29, 0.717) is 11.6 Å². The quantitative estimate of drug-likeness (QED) is 0.397. The molecule has 0 saturated heterocycles. The van der Waals surface area contributed by atoms with Crippen LogP contribution in [0.1, 0.15) is 5.56 Å². The lowest BCUT2D eigenvalue weighted by Gasteiger charge is -2.14. The molecule has 6 nitrogen and oxygen atoms in total. The third-order valence-corrected chi connectivity index (χ3v) is 2.96. The third-order valence-electron chi connectivity index (χ3n) is 2.96. The fourth-order valence-electron chi connectivity index (χ4n) is 1.88. The SMILES string of the molecule is Fc1ccccc1C(F)(F)F.O=[N+]([O-])c1cc2cc([N+](=O)[O-])c1-2. The Morgan fingerprint density at radius 2 is 1.39 bits per heavy atom. The molecule has 0 unspecified atom stereocenters. The summed E-state index contributed by atoms with van der Waals surface area (Å²) in [5.41, 5.74) is -0.739. The van der Waals surface area contributed by atoms with E-state index in [1.165, 1.54) is 18.2 Å². The van der Waals surface area contributed by atoms with Crippen LogP contribution in [-0.2, 0) is 6.18 Å². The molecule has 0 radical (unpaired) electrons. The Morgan fingerprint density at radius 3 is 1.70 bits per heavy atom. The van der Waals surface area contributed by atoms with Crippen LogP contribution in [-0.4, -0.2) is 9.85 Å². The Balaban J connectivity index is 0.000000168. The molecule has 10 heteroatoms. The van der Waals surface area contributed by atoms with Crippen molar-refractivity contribution >= 4 is 11.4 Å². The highest BCUT2D eigenvalue weighted by atomic mass is 19.4. The van der Waals surface area contributed by atoms with Crippen molar-refractivity contribution in [2.24, 2.45) is 0 Å². The molecular formula is C13H6F4N2O4. The Morgan fingerprint density at radius 1 is 0.913 bits per heavy atom. The van der Waals surface area contributed by atoms with Gasteiger partial charge in [-0.15, -0.1) is 0 Å². The summed E-state index contributed by atoms with van der Waals surface area (Å²) < 4.78 is 47.8. The topological polar surface area (TPSA) is 86.3 Å². The normalized spacial score (nSPS) is 11.3. The molecule has 0 heterocycles. The molecule has 2 aliphatic carbocycles. The summed E-state index contributed by atoms with van der Waals surface area (Å²) in [5, 5.41) is 20.4. The first-order chi connectivity index (χ1) is 10.6. The molecule has 120 valence electrons. The summed E-state index contributed by atoms with van der Waals surface area (Å²) in [6.45, 7) is 0. The van der Waals surface area contributed by atoms with Crippen molar-refractivity contribution in [2.45, 2.75) is 6.18 Å². The monoisotopic (exact) mass is 330 g/mol. The van der Waals surface area contributed by atoms with E-state index in [1.807, 2.05) is 0 Å². The minimum Gasteiger partial charge on any atom is -0.258 e. The van der Waals surface area contributed by atoms with Crippen LogP contribution >= 0.6 is 0 Å². The van der Waals surface area contributed by atoms with Crippen molar-refractivity contribution in [2.75, 3.05) is 0 Å². The summed E-state index contributed by atoms with van der Waals surface area (Å²) in [5.74, 6) is -1.24. The second kappa shape index (κ2) is 5.63. The van der Waals surface area contributed by atoms with Gasteiger partial charge in [0.15, 0.2) is 0 Å². The number of nitro benzene ring substituents is 2. The Bertz CT molecular complexity index is 770. The minimum absolute atomic E-state index is 0.154. The van der Waals surface area contributed by atoms with Gasteiger partial charge in [-0.05, 0) is 12.1 Å². The summed E-state index contributed by atoms with van der Waals surface area (Å²) in [7, 11) is 0. The average Bonchev–Trinajstić information content (AvgIpc) is 2.40. The number of alkyl halides is 3. The molecule has 2 aliphatic rings. The first-order valence-electron chi connectivity index (χ1n) is 5.92. The molecule has 0 saturated carbocycles. The molecule has 0 fully saturated rings. The predicted octanol–water partition coefficient (Wildman–Crippen LogP) is 4.33. The van der Waals surface area contributed by atoms with Crippen molar-refractivity contribution in [3.63, 3.8) is 0 Å². The van der Waals surface area contributed by atoms with Gasteiger partial charge in [-0.2, -0.15) is 13.2 Å². The number of nitrogens with zero attached hydrogens (tertiary/aromatic N) is 2. The number of hydrogen-bond acceptors (Lipinski definition) is 4. The second-order valence-electron chi connectivity index (χ2n) is 4.38. The second-order valence-corrected chi connectivity index (χ2v) is 4.38. The van der Waals surface area contributed by atoms with Gasteiger partial charge >= 0.3 is 6.18 Å². The largest absolute Gasteiger partial charge is 0.419 e. The van der Waals surface area contributed by atoms with Gasteiger partial charge in [0.2, 0.25) is 0 Å². The van der Waals surface area contributed by atoms with Gasteiger partial charge in [0.1, 0.15) is 11.4 Å². The van der Waals surface area contributed by atoms with Crippen LogP contribution in [0.15, 0.2) is 36.4 Å². The van der Waals surface area contributed by atoms with E-state index in [-0.39, 0.29) is 16.9 Å². The maximum Gasteiger partial charge on any atom is 0.419 e. The highest BCUT2D eigenvalue weighted by Gasteiger charge is 2.38. The highest BCUT2D eigenvalue weighted by Crippen LogP contribution is 2.50. The smallest absolute Gasteiger partial charge is 0.258 e. The van der Waals surface area contributed by atoms with E-state index < -0.39 is 27.4 Å². The van der Waals surface area contributed by atoms with Crippen molar-refractivity contribution in [1.29, 1.82) is 0 Å². The van der Waals surface area contributed by atoms with Gasteiger partial charge in [0.25, 0.3) is 11.4 Å². The van der Waals surface area contributed by atoms with Gasteiger partial charge in [0, 0.05) is 17.7 Å². The standard InChI is InChI=1S/C7H4F4.C6H2N2O4/c8-6-4-2-1-3-5(6)7(9,10)11;9-7(10)4-1-3-2-5(6(3)4)8(11)12/h1-4H;1-2H. The molecule has 0 spiro atoms. The van der Waals surface area contributed by atoms with Crippen LogP contribution in [0.4, 0.5) is 28.9 Å². The van der Waals surface area contributed by atoms with Gasteiger partial charge in [-0.3, -0.25) is 20.2 Å². The van der Waals surface area contributed by atoms with Crippen molar-refractivity contribution in [1.82, 2.24) is 0 Å². The number of fused-ring (bicyclic) bond motifs is 1. The predicted molar refractivity (Wildman–Crippen MR) is 70.1 cm³/mol. The van der Waals surface area contributed by atoms with Crippen LogP contribution in [0.5, 0.6) is 0 Å². The number of benzene rings is 2. The van der Waals surface area contributed by atoms with E-state index in [2.05, 4.69) is 0 Å². The first kappa shape index (κ1) is 16.3. The fourth-order valence-corrected chi connectivity index (χ4v) is 1.88. The molecule has 3 rings (SSSR count). The summed E-state index contributed by atoms with van der Waals surface area (Å²) in [4.78, 5) is 19.2. The van der Waals surface area contributed by atoms with Gasteiger partial charge in [0.05, 0.1) is 15.4 Å². The number of hydrogen-bond donors (Lipinski definition) is 0. The maximum absolute atomic E-state index is 12.4. The van der Waals surface area contributed by atoms with E-state index in [0.717, 1.165) is 12.1 Å². The third kappa shape index (κ3) is 3.10. The van der Waals surface area contributed by atoms with Gasteiger partial charge < -0.3 is 0 Å². The lowest BCUT2D eigenvalue weighted by atomic mass is 9.88. The van der Waals surface area contributed by atoms with Crippen LogP contribution in [0, 0.1) is 26.0 Å². The van der Waals surface area contributed by atoms with Crippen LogP contribution in [0.2, 0.25) is 0 Å². The molecule has 1 aromatic rings. The molecule has 23 heavy (non-hydrogen) atoms. The molecule has 0 bridgehead atoms. The summed E-state index contributed by atoms with van der Waals surface area (Å²) in [6.07, 6.45) is -4.59. The highest BCUT2D eigenvalue weighted by molar-refractivity contribution is 5.97. The molecule has 0 aliphatic heterocycles. The Kier molecular flexibility index (Phi) is 4.00. The van der Waals surface area contributed by atoms with Crippen LogP contribution < -0.4 is 0 Å². The maximum atomic E-state index is 12.4. The van der Waals surface area contributed by atoms with E-state index in [4.69, 9.17) is 0 Å². The summed E-state index contributed by atoms with van der Waals surface area (Å²) in [6, 6.07) is 6.49. The molecule has 0 N–H and O–H groups in total. The van der Waals surface area contributed by atoms with Gasteiger partial charge in [-0.1, -0.05) is 12.1 Å². The first-order valence-corrected chi connectivity index (χ1v) is 5.92. The lowest BCUT2D eigenvalue weighted by Crippen LogP contribution is -2.07. The Labute approximate surface area is 125 Å². The number of halogens is 4. The molecule has 0 amide bonds. The van der Waals surface area contributed by atoms with Crippen molar-refractivity contribution in [3.05, 3.63) is 68.0 Å². The minimum atomic E-state index is -4.59. The zero-order valence-corrected chi connectivity index (χ0v) is 11.0. The zero-order chi connectivity index (χ0) is 17.4. The van der Waals surface area contributed by atoms with Gasteiger partial charge in [-0.25, -0.2) is 4.39 Å². The van der Waals surface area contributed by atoms with E-state index >= 15 is 0 Å². The zero-order valence-electron chi connectivity index (χ0n) is 11.0. The fraction of sp³-hybridized carbons (Fsp3) is 0.0769. The van der Waals surface area contributed by atoms with Crippen LogP contribution in [0.3, 0.4) is 0 Å². The van der Waals surface area contributed by atoms with E-state index in [9.17, 15) is 37.8 Å². The molecule has 0 atom stereocenters. The average molecular weight is 330 g/mol. The number of nitro groups is 2. The number of rotatable bonds is 2. The summed E-state index contributed by atoms with van der Waals surface area (Å²) >= 11 is 0. The molecular weight excluding hydrogens is 324 g/mol. The lowest BCUT2D eigenvalue weighted by molar-refractivity contribution is -0.394. The molecule has 1 aromatic carbocycles. The van der Waals surface area contributed by atoms with Crippen LogP contribution in [0.25, 0.3) is 11.1 Å².